The number of hydrogen-bond acceptors (Lipinski definition) is 4. The Morgan fingerprint density at radius 1 is 1.62 bits per heavy atom. The highest BCUT2D eigenvalue weighted by Crippen LogP contribution is 2.21. The molecular formula is C8H13NO3S. The van der Waals surface area contributed by atoms with Crippen LogP contribution in [0.15, 0.2) is 0 Å². The minimum absolute atomic E-state index is 0.0666. The topological polar surface area (TPSA) is 46.6 Å². The predicted molar refractivity (Wildman–Crippen MR) is 50.3 cm³/mol. The maximum atomic E-state index is 11.3. The number of amides is 1. The van der Waals surface area contributed by atoms with Crippen molar-refractivity contribution in [3.8, 4) is 0 Å². The second-order valence-corrected chi connectivity index (χ2v) is 3.76. The van der Waals surface area contributed by atoms with E-state index in [4.69, 9.17) is 4.74 Å². The van der Waals surface area contributed by atoms with Crippen LogP contribution in [0.2, 0.25) is 0 Å². The molecule has 13 heavy (non-hydrogen) atoms. The van der Waals surface area contributed by atoms with Crippen LogP contribution in [0, 0.1) is 0 Å². The lowest BCUT2D eigenvalue weighted by Gasteiger charge is -2.20. The zero-order valence-corrected chi connectivity index (χ0v) is 8.60. The molecule has 0 aromatic rings. The third-order valence-corrected chi connectivity index (χ3v) is 2.86. The molecule has 5 heteroatoms. The summed E-state index contributed by atoms with van der Waals surface area (Å²) in [4.78, 5) is 23.9. The normalized spacial score (nSPS) is 21.7. The molecule has 0 aromatic carbocycles. The fourth-order valence-electron chi connectivity index (χ4n) is 1.19. The van der Waals surface area contributed by atoms with E-state index in [9.17, 15) is 9.59 Å². The van der Waals surface area contributed by atoms with Crippen LogP contribution in [0.3, 0.4) is 0 Å². The van der Waals surface area contributed by atoms with E-state index in [1.165, 1.54) is 6.92 Å². The Morgan fingerprint density at radius 2 is 2.31 bits per heavy atom. The Labute approximate surface area is 81.6 Å². The van der Waals surface area contributed by atoms with Crippen molar-refractivity contribution in [1.82, 2.24) is 4.90 Å². The lowest BCUT2D eigenvalue weighted by Crippen LogP contribution is -2.41. The molecule has 0 bridgehead atoms. The molecule has 4 nitrogen and oxygen atoms in total. The predicted octanol–water partition coefficient (Wildman–Crippen LogP) is 0.471. The first-order chi connectivity index (χ1) is 6.16. The molecule has 1 aliphatic heterocycles. The Kier molecular flexibility index (Phi) is 3.59. The Morgan fingerprint density at radius 3 is 2.85 bits per heavy atom. The van der Waals surface area contributed by atoms with E-state index in [0.29, 0.717) is 18.2 Å². The summed E-state index contributed by atoms with van der Waals surface area (Å²) in [5.74, 6) is 0.891. The number of esters is 1. The van der Waals surface area contributed by atoms with E-state index in [1.807, 2.05) is 0 Å². The van der Waals surface area contributed by atoms with Crippen LogP contribution in [0.25, 0.3) is 0 Å². The maximum Gasteiger partial charge on any atom is 0.329 e. The maximum absolute atomic E-state index is 11.3. The van der Waals surface area contributed by atoms with Crippen molar-refractivity contribution >= 4 is 23.6 Å². The quantitative estimate of drug-likeness (QED) is 0.612. The summed E-state index contributed by atoms with van der Waals surface area (Å²) in [6, 6.07) is -0.373. The van der Waals surface area contributed by atoms with Gasteiger partial charge >= 0.3 is 5.97 Å². The third kappa shape index (κ3) is 2.37. The van der Waals surface area contributed by atoms with E-state index >= 15 is 0 Å². The second kappa shape index (κ2) is 4.50. The van der Waals surface area contributed by atoms with Crippen LogP contribution < -0.4 is 0 Å². The fraction of sp³-hybridized carbons (Fsp3) is 0.750. The van der Waals surface area contributed by atoms with Crippen LogP contribution in [0.4, 0.5) is 0 Å². The lowest BCUT2D eigenvalue weighted by molar-refractivity contribution is -0.151. The van der Waals surface area contributed by atoms with E-state index in [-0.39, 0.29) is 17.9 Å². The van der Waals surface area contributed by atoms with Crippen molar-refractivity contribution in [3.63, 3.8) is 0 Å². The average Bonchev–Trinajstić information content (AvgIpc) is 2.52. The highest BCUT2D eigenvalue weighted by Gasteiger charge is 2.33. The monoisotopic (exact) mass is 203 g/mol. The smallest absolute Gasteiger partial charge is 0.329 e. The molecule has 0 spiro atoms. The van der Waals surface area contributed by atoms with E-state index in [0.717, 1.165) is 0 Å². The van der Waals surface area contributed by atoms with Gasteiger partial charge in [0.2, 0.25) is 5.91 Å². The third-order valence-electron chi connectivity index (χ3n) is 1.85. The van der Waals surface area contributed by atoms with Crippen molar-refractivity contribution in [1.29, 1.82) is 0 Å². The Bertz CT molecular complexity index is 219. The second-order valence-electron chi connectivity index (χ2n) is 2.76. The molecule has 1 atom stereocenters. The van der Waals surface area contributed by atoms with Crippen molar-refractivity contribution < 1.29 is 14.3 Å². The molecule has 1 saturated heterocycles. The highest BCUT2D eigenvalue weighted by molar-refractivity contribution is 7.99. The minimum atomic E-state index is -0.373. The molecular weight excluding hydrogens is 190 g/mol. The summed E-state index contributed by atoms with van der Waals surface area (Å²) in [6.07, 6.45) is 0. The van der Waals surface area contributed by atoms with Gasteiger partial charge in [-0.15, -0.1) is 11.8 Å². The van der Waals surface area contributed by atoms with E-state index < -0.39 is 0 Å². The van der Waals surface area contributed by atoms with Crippen LogP contribution >= 0.6 is 11.8 Å². The Balaban J connectivity index is 2.57. The summed E-state index contributed by atoms with van der Waals surface area (Å²) in [5, 5.41) is 0. The summed E-state index contributed by atoms with van der Waals surface area (Å²) in [5.41, 5.74) is 0. The van der Waals surface area contributed by atoms with Gasteiger partial charge in [0.15, 0.2) is 0 Å². The standard InChI is InChI=1S/C8H13NO3S/c1-3-12-8(11)7-4-13-5-9(7)6(2)10/h7H,3-5H2,1-2H3/t7-/m0/s1. The molecule has 0 saturated carbocycles. The van der Waals surface area contributed by atoms with Gasteiger partial charge in [-0.2, -0.15) is 0 Å². The number of ether oxygens (including phenoxy) is 1. The first-order valence-corrected chi connectivity index (χ1v) is 5.34. The van der Waals surface area contributed by atoms with E-state index in [1.54, 1.807) is 23.6 Å². The molecule has 1 amide bonds. The number of carbonyl (C=O) groups excluding carboxylic acids is 2. The molecule has 0 radical (unpaired) electrons. The Hall–Kier alpha value is -0.710. The molecule has 74 valence electrons. The molecule has 1 heterocycles. The van der Waals surface area contributed by atoms with Crippen molar-refractivity contribution in [2.24, 2.45) is 0 Å². The SMILES string of the molecule is CCOC(=O)[C@@H]1CSCN1C(C)=O. The highest BCUT2D eigenvalue weighted by atomic mass is 32.2. The molecule has 0 aliphatic carbocycles. The molecule has 1 rings (SSSR count). The number of carbonyl (C=O) groups is 2. The zero-order valence-electron chi connectivity index (χ0n) is 7.78. The van der Waals surface area contributed by atoms with Crippen LogP contribution in [-0.2, 0) is 14.3 Å². The molecule has 1 fully saturated rings. The molecule has 0 aromatic heterocycles. The van der Waals surface area contributed by atoms with E-state index in [2.05, 4.69) is 0 Å². The molecule has 0 unspecified atom stereocenters. The van der Waals surface area contributed by atoms with Crippen LogP contribution in [0.1, 0.15) is 13.8 Å². The molecule has 0 N–H and O–H groups in total. The minimum Gasteiger partial charge on any atom is -0.464 e. The van der Waals surface area contributed by atoms with Gasteiger partial charge in [0.25, 0.3) is 0 Å². The van der Waals surface area contributed by atoms with Gasteiger partial charge < -0.3 is 9.64 Å². The fourth-order valence-corrected chi connectivity index (χ4v) is 2.39. The molecule has 1 aliphatic rings. The van der Waals surface area contributed by atoms with Gasteiger partial charge in [-0.05, 0) is 6.92 Å². The lowest BCUT2D eigenvalue weighted by atomic mass is 10.3. The first-order valence-electron chi connectivity index (χ1n) is 4.18. The van der Waals surface area contributed by atoms with Gasteiger partial charge in [0.05, 0.1) is 12.5 Å². The summed E-state index contributed by atoms with van der Waals surface area (Å²) >= 11 is 1.58. The van der Waals surface area contributed by atoms with Gasteiger partial charge in [0.1, 0.15) is 6.04 Å². The van der Waals surface area contributed by atoms with Gasteiger partial charge in [-0.3, -0.25) is 4.79 Å². The van der Waals surface area contributed by atoms with Crippen molar-refractivity contribution in [2.75, 3.05) is 18.2 Å². The van der Waals surface area contributed by atoms with Crippen LogP contribution in [0.5, 0.6) is 0 Å². The number of thioether (sulfide) groups is 1. The zero-order chi connectivity index (χ0) is 9.84. The summed E-state index contributed by atoms with van der Waals surface area (Å²) in [6.45, 7) is 3.60. The van der Waals surface area contributed by atoms with Gasteiger partial charge in [0, 0.05) is 12.7 Å². The number of hydrogen-bond donors (Lipinski definition) is 0. The summed E-state index contributed by atoms with van der Waals surface area (Å²) < 4.78 is 4.86. The number of rotatable bonds is 2. The van der Waals surface area contributed by atoms with Crippen molar-refractivity contribution in [3.05, 3.63) is 0 Å². The number of nitrogens with zero attached hydrogens (tertiary/aromatic N) is 1. The van der Waals surface area contributed by atoms with Crippen molar-refractivity contribution in [2.45, 2.75) is 19.9 Å². The summed E-state index contributed by atoms with van der Waals surface area (Å²) in [7, 11) is 0. The largest absolute Gasteiger partial charge is 0.464 e. The van der Waals surface area contributed by atoms with Gasteiger partial charge in [-0.1, -0.05) is 0 Å². The van der Waals surface area contributed by atoms with Crippen LogP contribution in [-0.4, -0.2) is 41.1 Å². The average molecular weight is 203 g/mol. The van der Waals surface area contributed by atoms with Gasteiger partial charge in [-0.25, -0.2) is 4.79 Å². The first kappa shape index (κ1) is 10.4.